The second-order valence-electron chi connectivity index (χ2n) is 5.76. The van der Waals surface area contributed by atoms with Gasteiger partial charge in [0.2, 0.25) is 0 Å². The van der Waals surface area contributed by atoms with Gasteiger partial charge in [-0.1, -0.05) is 55.3 Å². The van der Waals surface area contributed by atoms with Crippen LogP contribution in [-0.4, -0.2) is 17.5 Å². The molecule has 0 N–H and O–H groups in total. The average Bonchev–Trinajstić information content (AvgIpc) is 3.21. The van der Waals surface area contributed by atoms with Crippen molar-refractivity contribution in [2.45, 2.75) is 38.3 Å². The molecule has 0 amide bonds. The summed E-state index contributed by atoms with van der Waals surface area (Å²) < 4.78 is 5.52. The molecule has 1 aliphatic carbocycles. The minimum absolute atomic E-state index is 0.704. The van der Waals surface area contributed by atoms with Crippen molar-refractivity contribution < 1.29 is 4.42 Å². The topological polar surface area (TPSA) is 16.4 Å². The van der Waals surface area contributed by atoms with Crippen LogP contribution in [0.25, 0.3) is 6.08 Å². The number of hydrogen-bond donors (Lipinski definition) is 0. The standard InChI is InChI=1S/C19H23NO/c1-2-8-17(9-3-1)10-6-14-20(18-11-4-5-12-18)16-19-13-7-15-21-19/h1-3,6-10,13,15,18H,4-5,11-12,14,16H2/b10-6-. The third kappa shape index (κ3) is 4.08. The quantitative estimate of drug-likeness (QED) is 0.760. The molecule has 0 atom stereocenters. The first kappa shape index (κ1) is 14.2. The van der Waals surface area contributed by atoms with Crippen LogP contribution in [0.1, 0.15) is 37.0 Å². The van der Waals surface area contributed by atoms with E-state index in [4.69, 9.17) is 4.42 Å². The van der Waals surface area contributed by atoms with E-state index in [9.17, 15) is 0 Å². The molecule has 1 saturated carbocycles. The number of furan rings is 1. The monoisotopic (exact) mass is 281 g/mol. The molecule has 110 valence electrons. The van der Waals surface area contributed by atoms with Gasteiger partial charge in [0.05, 0.1) is 12.8 Å². The number of hydrogen-bond acceptors (Lipinski definition) is 2. The summed E-state index contributed by atoms with van der Waals surface area (Å²) in [5, 5.41) is 0. The Morgan fingerprint density at radius 1 is 1.05 bits per heavy atom. The zero-order chi connectivity index (χ0) is 14.3. The molecule has 21 heavy (non-hydrogen) atoms. The van der Waals surface area contributed by atoms with Gasteiger partial charge in [-0.2, -0.15) is 0 Å². The summed E-state index contributed by atoms with van der Waals surface area (Å²) in [5.74, 6) is 1.06. The number of benzene rings is 1. The van der Waals surface area contributed by atoms with Gasteiger partial charge in [-0.15, -0.1) is 0 Å². The Kier molecular flexibility index (Phi) is 4.90. The fraction of sp³-hybridized carbons (Fsp3) is 0.368. The number of nitrogens with zero attached hydrogens (tertiary/aromatic N) is 1. The highest BCUT2D eigenvalue weighted by molar-refractivity contribution is 5.48. The SMILES string of the molecule is C(=C/c1ccccc1)/CN(Cc1ccco1)C1CCCC1. The van der Waals surface area contributed by atoms with Gasteiger partial charge >= 0.3 is 0 Å². The minimum atomic E-state index is 0.704. The van der Waals surface area contributed by atoms with Gasteiger partial charge in [-0.05, 0) is 30.5 Å². The molecule has 0 radical (unpaired) electrons. The van der Waals surface area contributed by atoms with Crippen molar-refractivity contribution in [3.8, 4) is 0 Å². The molecule has 0 saturated heterocycles. The fourth-order valence-electron chi connectivity index (χ4n) is 3.10. The zero-order valence-electron chi connectivity index (χ0n) is 12.4. The average molecular weight is 281 g/mol. The van der Waals surface area contributed by atoms with E-state index >= 15 is 0 Å². The molecule has 0 aliphatic heterocycles. The van der Waals surface area contributed by atoms with Crippen LogP contribution in [0.5, 0.6) is 0 Å². The van der Waals surface area contributed by atoms with E-state index in [-0.39, 0.29) is 0 Å². The summed E-state index contributed by atoms with van der Waals surface area (Å²) in [6, 6.07) is 15.3. The summed E-state index contributed by atoms with van der Waals surface area (Å²) in [6.07, 6.45) is 11.6. The van der Waals surface area contributed by atoms with Gasteiger partial charge in [0.1, 0.15) is 5.76 Å². The Morgan fingerprint density at radius 2 is 1.86 bits per heavy atom. The molecule has 0 bridgehead atoms. The lowest BCUT2D eigenvalue weighted by molar-refractivity contribution is 0.196. The van der Waals surface area contributed by atoms with Crippen LogP contribution in [0.4, 0.5) is 0 Å². The molecule has 1 heterocycles. The maximum absolute atomic E-state index is 5.52. The Morgan fingerprint density at radius 3 is 2.57 bits per heavy atom. The fourth-order valence-corrected chi connectivity index (χ4v) is 3.10. The van der Waals surface area contributed by atoms with Crippen LogP contribution < -0.4 is 0 Å². The summed E-state index contributed by atoms with van der Waals surface area (Å²) in [6.45, 7) is 1.90. The Balaban J connectivity index is 1.62. The van der Waals surface area contributed by atoms with Crippen LogP contribution in [-0.2, 0) is 6.54 Å². The van der Waals surface area contributed by atoms with Crippen molar-refractivity contribution in [2.24, 2.45) is 0 Å². The normalized spacial score (nSPS) is 16.2. The van der Waals surface area contributed by atoms with Crippen molar-refractivity contribution >= 4 is 6.08 Å². The molecule has 1 fully saturated rings. The molecule has 2 aromatic rings. The van der Waals surface area contributed by atoms with Gasteiger partial charge in [-0.3, -0.25) is 4.90 Å². The van der Waals surface area contributed by atoms with Crippen molar-refractivity contribution in [1.82, 2.24) is 4.90 Å². The maximum atomic E-state index is 5.52. The van der Waals surface area contributed by atoms with Gasteiger partial charge in [0, 0.05) is 12.6 Å². The first-order valence-electron chi connectivity index (χ1n) is 7.90. The Labute approximate surface area is 127 Å². The van der Waals surface area contributed by atoms with Crippen molar-refractivity contribution in [2.75, 3.05) is 6.54 Å². The van der Waals surface area contributed by atoms with Crippen LogP contribution in [0.15, 0.2) is 59.2 Å². The highest BCUT2D eigenvalue weighted by atomic mass is 16.3. The predicted molar refractivity (Wildman–Crippen MR) is 86.9 cm³/mol. The molecule has 2 nitrogen and oxygen atoms in total. The molecule has 2 heteroatoms. The maximum Gasteiger partial charge on any atom is 0.117 e. The Hall–Kier alpha value is -1.80. The summed E-state index contributed by atoms with van der Waals surface area (Å²) in [4.78, 5) is 2.55. The molecule has 0 spiro atoms. The van der Waals surface area contributed by atoms with Crippen molar-refractivity contribution in [1.29, 1.82) is 0 Å². The van der Waals surface area contributed by atoms with Crippen LogP contribution in [0.2, 0.25) is 0 Å². The first-order chi connectivity index (χ1) is 10.4. The molecule has 0 unspecified atom stereocenters. The zero-order valence-corrected chi connectivity index (χ0v) is 12.4. The second kappa shape index (κ2) is 7.28. The molecule has 3 rings (SSSR count). The van der Waals surface area contributed by atoms with E-state index in [0.717, 1.165) is 18.8 Å². The van der Waals surface area contributed by atoms with E-state index in [2.05, 4.69) is 53.5 Å². The third-order valence-corrected chi connectivity index (χ3v) is 4.23. The van der Waals surface area contributed by atoms with E-state index in [1.54, 1.807) is 6.26 Å². The summed E-state index contributed by atoms with van der Waals surface area (Å²) in [5.41, 5.74) is 1.27. The summed E-state index contributed by atoms with van der Waals surface area (Å²) >= 11 is 0. The molecular weight excluding hydrogens is 258 g/mol. The van der Waals surface area contributed by atoms with Crippen molar-refractivity contribution in [3.05, 3.63) is 66.1 Å². The smallest absolute Gasteiger partial charge is 0.117 e. The molecule has 1 aliphatic rings. The highest BCUT2D eigenvalue weighted by Gasteiger charge is 2.22. The van der Waals surface area contributed by atoms with E-state index in [0.29, 0.717) is 6.04 Å². The van der Waals surface area contributed by atoms with Crippen LogP contribution >= 0.6 is 0 Å². The minimum Gasteiger partial charge on any atom is -0.468 e. The van der Waals surface area contributed by atoms with Gasteiger partial charge in [0.15, 0.2) is 0 Å². The highest BCUT2D eigenvalue weighted by Crippen LogP contribution is 2.25. The molecular formula is C19H23NO. The number of rotatable bonds is 6. The first-order valence-corrected chi connectivity index (χ1v) is 7.90. The predicted octanol–water partition coefficient (Wildman–Crippen LogP) is 4.74. The lowest BCUT2D eigenvalue weighted by atomic mass is 10.2. The van der Waals surface area contributed by atoms with E-state index in [1.165, 1.54) is 31.2 Å². The molecule has 1 aromatic carbocycles. The van der Waals surface area contributed by atoms with Crippen molar-refractivity contribution in [3.63, 3.8) is 0 Å². The van der Waals surface area contributed by atoms with Gasteiger partial charge in [0.25, 0.3) is 0 Å². The lowest BCUT2D eigenvalue weighted by Gasteiger charge is -2.26. The van der Waals surface area contributed by atoms with Crippen LogP contribution in [0, 0.1) is 0 Å². The van der Waals surface area contributed by atoms with Crippen LogP contribution in [0.3, 0.4) is 0 Å². The third-order valence-electron chi connectivity index (χ3n) is 4.23. The summed E-state index contributed by atoms with van der Waals surface area (Å²) in [7, 11) is 0. The lowest BCUT2D eigenvalue weighted by Crippen LogP contribution is -2.32. The second-order valence-corrected chi connectivity index (χ2v) is 5.76. The molecule has 1 aromatic heterocycles. The largest absolute Gasteiger partial charge is 0.468 e. The van der Waals surface area contributed by atoms with E-state index in [1.807, 2.05) is 6.07 Å². The Bertz CT molecular complexity index is 538. The van der Waals surface area contributed by atoms with Gasteiger partial charge < -0.3 is 4.42 Å². The van der Waals surface area contributed by atoms with Gasteiger partial charge in [-0.25, -0.2) is 0 Å². The van der Waals surface area contributed by atoms with E-state index < -0.39 is 0 Å².